The summed E-state index contributed by atoms with van der Waals surface area (Å²) in [7, 11) is -10.0. The first-order valence-electron chi connectivity index (χ1n) is 46.1. The summed E-state index contributed by atoms with van der Waals surface area (Å²) >= 11 is 0. The monoisotopic (exact) mass is 1640 g/mol. The van der Waals surface area contributed by atoms with Gasteiger partial charge >= 0.3 is 61.6 Å². The van der Waals surface area contributed by atoms with E-state index >= 15 is 0 Å². The van der Waals surface area contributed by atoms with Crippen molar-refractivity contribution in [2.75, 3.05) is 26.4 Å². The quantitative estimate of drug-likeness (QED) is 0.0150. The van der Waals surface area contributed by atoms with Crippen LogP contribution in [-0.2, 0) is 39.2 Å². The Morgan fingerprint density at radius 2 is 0.407 bits per heavy atom. The van der Waals surface area contributed by atoms with Crippen molar-refractivity contribution in [1.29, 1.82) is 0 Å². The summed E-state index contributed by atoms with van der Waals surface area (Å²) in [5.74, 6) is -3.63. The standard InChI is InChI=1S/2C48H82O7S.Ca/c2*1-3-5-7-9-11-13-15-17-19-21-23-25-27-29-31-33-35-37-42-54-47(49)44-40-39-41-45(56(51,52)53)46(44)48(50)55-43-38-36-34-32-30-28-26-24-22-20-18-16-14-12-10-8-6-4-2;/h2*17-20,39-41H,3-16,21-38,42-43H2,1-2H3,(H,51,52,53);/q;;+2/p-2/b2*19-17+,20-18+;. The second kappa shape index (κ2) is 80.8. The second-order valence-corrected chi connectivity index (χ2v) is 34.1. The van der Waals surface area contributed by atoms with Gasteiger partial charge in [0.25, 0.3) is 0 Å². The summed E-state index contributed by atoms with van der Waals surface area (Å²) in [4.78, 5) is 50.4. The number of esters is 4. The van der Waals surface area contributed by atoms with Crippen LogP contribution in [0.2, 0.25) is 0 Å². The maximum atomic E-state index is 13.0. The number of ether oxygens (including phenoxy) is 4. The first-order chi connectivity index (χ1) is 54.6. The van der Waals surface area contributed by atoms with Crippen LogP contribution in [0.25, 0.3) is 0 Å². The van der Waals surface area contributed by atoms with E-state index in [9.17, 15) is 45.1 Å². The zero-order valence-corrected chi connectivity index (χ0v) is 76.2. The van der Waals surface area contributed by atoms with Crippen molar-refractivity contribution in [1.82, 2.24) is 0 Å². The summed E-state index contributed by atoms with van der Waals surface area (Å²) in [5, 5.41) is 0. The zero-order chi connectivity index (χ0) is 81.6. The minimum absolute atomic E-state index is 0. The maximum Gasteiger partial charge on any atom is 2.00 e. The fourth-order valence-electron chi connectivity index (χ4n) is 14.0. The van der Waals surface area contributed by atoms with Gasteiger partial charge in [0.1, 0.15) is 20.2 Å². The largest absolute Gasteiger partial charge is 2.00 e. The molecule has 0 atom stereocenters. The van der Waals surface area contributed by atoms with Crippen LogP contribution < -0.4 is 0 Å². The van der Waals surface area contributed by atoms with E-state index in [1.54, 1.807) is 0 Å². The molecule has 17 heteroatoms. The Morgan fingerprint density at radius 3 is 0.584 bits per heavy atom. The molecule has 2 aromatic carbocycles. The number of rotatable bonds is 78. The van der Waals surface area contributed by atoms with Crippen molar-refractivity contribution < 1.29 is 64.1 Å². The fourth-order valence-corrected chi connectivity index (χ4v) is 15.4. The molecule has 2 aromatic rings. The minimum atomic E-state index is -5.02. The molecule has 0 aliphatic rings. The molecule has 0 saturated carbocycles. The molecule has 0 aromatic heterocycles. The average Bonchev–Trinajstić information content (AvgIpc) is 0.797. The number of carbonyl (C=O) groups is 4. The SMILES string of the molecule is CCCCCCCC/C=C/CCCCCCCCCCOC(=O)c1cccc(S(=O)(=O)[O-])c1C(=O)OCCCCCCCCCC/C=C/CCCCCCCC.CCCCCCCC/C=C/CCCCCCCCCCOC(=O)c1cccc(S(=O)(=O)[O-])c1C(=O)OCCCCCCCCCC/C=C/CCCCCCCC.[Ca+2]. The van der Waals surface area contributed by atoms with E-state index in [1.807, 2.05) is 0 Å². The topological polar surface area (TPSA) is 220 Å². The van der Waals surface area contributed by atoms with Crippen molar-refractivity contribution >= 4 is 81.9 Å². The van der Waals surface area contributed by atoms with E-state index in [2.05, 4.69) is 76.3 Å². The molecule has 113 heavy (non-hydrogen) atoms. The molecule has 0 amide bonds. The summed E-state index contributed by atoms with van der Waals surface area (Å²) < 4.78 is 93.6. The number of benzene rings is 2. The van der Waals surface area contributed by atoms with Crippen molar-refractivity contribution in [2.45, 2.75) is 448 Å². The summed E-state index contributed by atoms with van der Waals surface area (Å²) in [6.07, 6.45) is 95.0. The van der Waals surface area contributed by atoms with E-state index in [0.29, 0.717) is 25.7 Å². The number of hydrogen-bond donors (Lipinski definition) is 0. The van der Waals surface area contributed by atoms with Gasteiger partial charge in [-0.3, -0.25) is 0 Å². The van der Waals surface area contributed by atoms with Crippen LogP contribution in [0.1, 0.15) is 480 Å². The Bertz CT molecular complexity index is 2740. The summed E-state index contributed by atoms with van der Waals surface area (Å²) in [6.45, 7) is 9.50. The third kappa shape index (κ3) is 65.9. The normalized spacial score (nSPS) is 11.8. The third-order valence-corrected chi connectivity index (χ3v) is 22.8. The zero-order valence-electron chi connectivity index (χ0n) is 72.4. The van der Waals surface area contributed by atoms with Crippen LogP contribution in [0.3, 0.4) is 0 Å². The van der Waals surface area contributed by atoms with Gasteiger partial charge in [-0.25, -0.2) is 36.0 Å². The van der Waals surface area contributed by atoms with E-state index in [1.165, 1.54) is 320 Å². The molecule has 0 bridgehead atoms. The maximum absolute atomic E-state index is 13.0. The summed E-state index contributed by atoms with van der Waals surface area (Å²) in [6, 6.07) is 7.25. The fraction of sp³-hybridized carbons (Fsp3) is 0.750. The molecule has 0 aliphatic heterocycles. The van der Waals surface area contributed by atoms with Gasteiger partial charge in [-0.15, -0.1) is 0 Å². The van der Waals surface area contributed by atoms with Crippen LogP contribution in [0, 0.1) is 0 Å². The average molecular weight is 1640 g/mol. The Hall–Kier alpha value is -3.64. The molecule has 0 aliphatic carbocycles. The Morgan fingerprint density at radius 1 is 0.248 bits per heavy atom. The van der Waals surface area contributed by atoms with Crippen molar-refractivity contribution in [2.24, 2.45) is 0 Å². The molecule has 0 fully saturated rings. The third-order valence-electron chi connectivity index (χ3n) is 21.0. The Labute approximate surface area is 722 Å². The Kier molecular flexibility index (Phi) is 78.2. The molecule has 14 nitrogen and oxygen atoms in total. The summed E-state index contributed by atoms with van der Waals surface area (Å²) in [5.41, 5.74) is -1.56. The molecule has 0 saturated heterocycles. The molecule has 0 unspecified atom stereocenters. The van der Waals surface area contributed by atoms with Gasteiger partial charge in [0.05, 0.1) is 58.5 Å². The second-order valence-electron chi connectivity index (χ2n) is 31.4. The minimum Gasteiger partial charge on any atom is -0.744 e. The van der Waals surface area contributed by atoms with Crippen LogP contribution in [0.4, 0.5) is 0 Å². The molecule has 2 rings (SSSR count). The number of allylic oxidation sites excluding steroid dienone is 8. The van der Waals surface area contributed by atoms with Crippen molar-refractivity contribution in [3.63, 3.8) is 0 Å². The Balaban J connectivity index is 0.00000220. The number of hydrogen-bond acceptors (Lipinski definition) is 14. The van der Waals surface area contributed by atoms with Crippen LogP contribution >= 0.6 is 0 Å². The van der Waals surface area contributed by atoms with Crippen LogP contribution in [0.15, 0.2) is 94.8 Å². The van der Waals surface area contributed by atoms with Gasteiger partial charge in [-0.1, -0.05) is 371 Å². The van der Waals surface area contributed by atoms with Gasteiger partial charge in [-0.2, -0.15) is 0 Å². The van der Waals surface area contributed by atoms with E-state index < -0.39 is 65.0 Å². The number of carbonyl (C=O) groups excluding carboxylic acids is 4. The first kappa shape index (κ1) is 109. The predicted molar refractivity (Wildman–Crippen MR) is 470 cm³/mol. The molecular weight excluding hydrogens is 1480 g/mol. The van der Waals surface area contributed by atoms with Gasteiger partial charge in [0, 0.05) is 0 Å². The van der Waals surface area contributed by atoms with Crippen LogP contribution in [0.5, 0.6) is 0 Å². The molecule has 0 N–H and O–H groups in total. The van der Waals surface area contributed by atoms with Gasteiger partial charge in [0.15, 0.2) is 0 Å². The van der Waals surface area contributed by atoms with E-state index in [4.69, 9.17) is 18.9 Å². The first-order valence-corrected chi connectivity index (χ1v) is 48.9. The van der Waals surface area contributed by atoms with Crippen molar-refractivity contribution in [3.8, 4) is 0 Å². The number of unbranched alkanes of at least 4 members (excludes halogenated alkanes) is 56. The molecule has 644 valence electrons. The van der Waals surface area contributed by atoms with Gasteiger partial charge < -0.3 is 28.1 Å². The van der Waals surface area contributed by atoms with Gasteiger partial charge in [-0.05, 0) is 153 Å². The van der Waals surface area contributed by atoms with Crippen LogP contribution in [-0.4, -0.2) is 114 Å². The van der Waals surface area contributed by atoms with Gasteiger partial charge in [0.2, 0.25) is 0 Å². The van der Waals surface area contributed by atoms with E-state index in [-0.39, 0.29) is 75.3 Å². The smallest absolute Gasteiger partial charge is 0.744 e. The van der Waals surface area contributed by atoms with Crippen molar-refractivity contribution in [3.05, 3.63) is 107 Å². The molecular formula is C96H162CaO14S2. The molecule has 0 heterocycles. The predicted octanol–water partition coefficient (Wildman–Crippen LogP) is 28.7. The van der Waals surface area contributed by atoms with E-state index in [0.717, 1.165) is 102 Å². The molecule has 0 spiro atoms. The molecule has 0 radical (unpaired) electrons.